The van der Waals surface area contributed by atoms with Gasteiger partial charge in [-0.3, -0.25) is 9.97 Å². The summed E-state index contributed by atoms with van der Waals surface area (Å²) in [5.41, 5.74) is 5.44. The van der Waals surface area contributed by atoms with Gasteiger partial charge in [-0.25, -0.2) is 13.2 Å². The van der Waals surface area contributed by atoms with Gasteiger partial charge in [0.1, 0.15) is 23.2 Å². The highest BCUT2D eigenvalue weighted by Gasteiger charge is 2.28. The number of hydrogen-bond acceptors (Lipinski definition) is 4. The molecule has 0 unspecified atom stereocenters. The van der Waals surface area contributed by atoms with Crippen LogP contribution in [0.3, 0.4) is 0 Å². The number of anilines is 1. The van der Waals surface area contributed by atoms with E-state index >= 15 is 0 Å². The van der Waals surface area contributed by atoms with Crippen LogP contribution < -0.4 is 9.64 Å². The van der Waals surface area contributed by atoms with Crippen molar-refractivity contribution < 1.29 is 17.9 Å². The van der Waals surface area contributed by atoms with Gasteiger partial charge in [-0.15, -0.1) is 0 Å². The lowest BCUT2D eigenvalue weighted by Gasteiger charge is -2.40. The number of halogens is 3. The quantitative estimate of drug-likeness (QED) is 0.376. The van der Waals surface area contributed by atoms with E-state index in [0.717, 1.165) is 49.3 Å². The maximum Gasteiger partial charge on any atom is 0.137 e. The Balaban J connectivity index is 1.52. The summed E-state index contributed by atoms with van der Waals surface area (Å²) in [6.45, 7) is 10.9. The molecule has 186 valence electrons. The SMILES string of the molecule is CCc1c(C)ncc(-c2ccc(OCCc3c(F)cc(F)cc3F)cn2)c1N1CCC(C)(C)CC1. The molecule has 0 bridgehead atoms. The molecule has 0 amide bonds. The van der Waals surface area contributed by atoms with Crippen LogP contribution in [0.15, 0.2) is 36.7 Å². The second-order valence-electron chi connectivity index (χ2n) is 9.91. The highest BCUT2D eigenvalue weighted by atomic mass is 19.1. The largest absolute Gasteiger partial charge is 0.492 e. The lowest BCUT2D eigenvalue weighted by Crippen LogP contribution is -2.38. The number of nitrogens with zero attached hydrogens (tertiary/aromatic N) is 3. The van der Waals surface area contributed by atoms with E-state index in [1.807, 2.05) is 12.3 Å². The fourth-order valence-corrected chi connectivity index (χ4v) is 4.65. The van der Waals surface area contributed by atoms with E-state index in [2.05, 4.69) is 42.6 Å². The molecule has 7 heteroatoms. The smallest absolute Gasteiger partial charge is 0.137 e. The molecule has 4 nitrogen and oxygen atoms in total. The zero-order valence-corrected chi connectivity index (χ0v) is 20.8. The van der Waals surface area contributed by atoms with Gasteiger partial charge in [0.15, 0.2) is 0 Å². The first-order chi connectivity index (χ1) is 16.7. The van der Waals surface area contributed by atoms with Crippen LogP contribution in [0.5, 0.6) is 5.75 Å². The third-order valence-corrected chi connectivity index (χ3v) is 6.89. The Morgan fingerprint density at radius 3 is 2.26 bits per heavy atom. The van der Waals surface area contributed by atoms with Gasteiger partial charge < -0.3 is 9.64 Å². The van der Waals surface area contributed by atoms with Crippen molar-refractivity contribution in [3.8, 4) is 17.0 Å². The van der Waals surface area contributed by atoms with Crippen molar-refractivity contribution in [1.82, 2.24) is 9.97 Å². The average Bonchev–Trinajstić information content (AvgIpc) is 2.81. The normalized spacial score (nSPS) is 15.3. The van der Waals surface area contributed by atoms with Crippen LogP contribution >= 0.6 is 0 Å². The Bertz CT molecular complexity index is 1160. The minimum atomic E-state index is -0.936. The molecule has 0 aliphatic carbocycles. The molecule has 1 aromatic carbocycles. The monoisotopic (exact) mass is 483 g/mol. The molecule has 0 saturated carbocycles. The summed E-state index contributed by atoms with van der Waals surface area (Å²) in [6, 6.07) is 5.04. The molecule has 1 aliphatic heterocycles. The Morgan fingerprint density at radius 2 is 1.66 bits per heavy atom. The van der Waals surface area contributed by atoms with E-state index < -0.39 is 17.5 Å². The van der Waals surface area contributed by atoms with E-state index in [1.165, 1.54) is 11.3 Å². The molecule has 4 rings (SSSR count). The first kappa shape index (κ1) is 25.0. The first-order valence-corrected chi connectivity index (χ1v) is 12.1. The number of pyridine rings is 2. The Kier molecular flexibility index (Phi) is 7.33. The van der Waals surface area contributed by atoms with E-state index in [0.29, 0.717) is 23.3 Å². The molecule has 35 heavy (non-hydrogen) atoms. The van der Waals surface area contributed by atoms with Crippen LogP contribution in [0.2, 0.25) is 0 Å². The summed E-state index contributed by atoms with van der Waals surface area (Å²) < 4.78 is 46.4. The van der Waals surface area contributed by atoms with Crippen LogP contribution in [0.25, 0.3) is 11.3 Å². The first-order valence-electron chi connectivity index (χ1n) is 12.1. The topological polar surface area (TPSA) is 38.3 Å². The summed E-state index contributed by atoms with van der Waals surface area (Å²) in [6.07, 6.45) is 6.64. The number of piperidine rings is 1. The minimum absolute atomic E-state index is 0.0170. The van der Waals surface area contributed by atoms with Crippen molar-refractivity contribution in [1.29, 1.82) is 0 Å². The van der Waals surface area contributed by atoms with Gasteiger partial charge in [-0.1, -0.05) is 20.8 Å². The summed E-state index contributed by atoms with van der Waals surface area (Å²) in [4.78, 5) is 11.7. The number of benzene rings is 1. The molecule has 3 aromatic rings. The van der Waals surface area contributed by atoms with Crippen molar-refractivity contribution >= 4 is 5.69 Å². The maximum atomic E-state index is 13.8. The van der Waals surface area contributed by atoms with Gasteiger partial charge in [0, 0.05) is 54.7 Å². The second kappa shape index (κ2) is 10.3. The number of rotatable bonds is 7. The summed E-state index contributed by atoms with van der Waals surface area (Å²) in [5, 5.41) is 0. The third kappa shape index (κ3) is 5.60. The molecule has 2 aromatic heterocycles. The van der Waals surface area contributed by atoms with Crippen molar-refractivity contribution in [2.45, 2.75) is 53.4 Å². The maximum absolute atomic E-state index is 13.8. The van der Waals surface area contributed by atoms with E-state index in [1.54, 1.807) is 12.3 Å². The van der Waals surface area contributed by atoms with Gasteiger partial charge in [0.2, 0.25) is 0 Å². The number of ether oxygens (including phenoxy) is 1. The third-order valence-electron chi connectivity index (χ3n) is 6.89. The molecule has 0 spiro atoms. The van der Waals surface area contributed by atoms with Crippen molar-refractivity contribution in [2.24, 2.45) is 5.41 Å². The zero-order chi connectivity index (χ0) is 25.2. The predicted molar refractivity (Wildman–Crippen MR) is 132 cm³/mol. The number of aryl methyl sites for hydroxylation is 1. The predicted octanol–water partition coefficient (Wildman–Crippen LogP) is 6.68. The molecule has 3 heterocycles. The van der Waals surface area contributed by atoms with Gasteiger partial charge in [0.05, 0.1) is 24.2 Å². The number of hydrogen-bond donors (Lipinski definition) is 0. The van der Waals surface area contributed by atoms with Gasteiger partial charge in [-0.05, 0) is 49.3 Å². The van der Waals surface area contributed by atoms with Gasteiger partial charge in [-0.2, -0.15) is 0 Å². The van der Waals surface area contributed by atoms with Crippen LogP contribution in [0.4, 0.5) is 18.9 Å². The van der Waals surface area contributed by atoms with Crippen molar-refractivity contribution in [3.63, 3.8) is 0 Å². The molecular weight excluding hydrogens is 451 g/mol. The highest BCUT2D eigenvalue weighted by molar-refractivity contribution is 5.79. The molecule has 0 atom stereocenters. The molecule has 1 fully saturated rings. The lowest BCUT2D eigenvalue weighted by molar-refractivity contribution is 0.279. The van der Waals surface area contributed by atoms with Crippen molar-refractivity contribution in [2.75, 3.05) is 24.6 Å². The van der Waals surface area contributed by atoms with Crippen LogP contribution in [-0.2, 0) is 12.8 Å². The Hall–Kier alpha value is -3.09. The Morgan fingerprint density at radius 1 is 0.971 bits per heavy atom. The van der Waals surface area contributed by atoms with Gasteiger partial charge >= 0.3 is 0 Å². The van der Waals surface area contributed by atoms with Crippen molar-refractivity contribution in [3.05, 3.63) is 70.9 Å². The molecule has 0 N–H and O–H groups in total. The highest BCUT2D eigenvalue weighted by Crippen LogP contribution is 2.39. The standard InChI is InChI=1S/C28H32F3N3O/c1-5-21-18(2)32-17-23(27(21)34-11-9-28(3,4)10-12-34)26-7-6-20(16-33-26)35-13-8-22-24(30)14-19(29)15-25(22)31/h6-7,14-17H,5,8-13H2,1-4H3. The summed E-state index contributed by atoms with van der Waals surface area (Å²) in [7, 11) is 0. The Labute approximate surface area is 205 Å². The molecular formula is C28H32F3N3O. The summed E-state index contributed by atoms with van der Waals surface area (Å²) in [5.74, 6) is -2.26. The lowest BCUT2D eigenvalue weighted by atomic mass is 9.82. The molecule has 1 saturated heterocycles. The van der Waals surface area contributed by atoms with Gasteiger partial charge in [0.25, 0.3) is 0 Å². The number of aromatic nitrogens is 2. The molecule has 0 radical (unpaired) electrons. The summed E-state index contributed by atoms with van der Waals surface area (Å²) >= 11 is 0. The van der Waals surface area contributed by atoms with Crippen LogP contribution in [-0.4, -0.2) is 29.7 Å². The minimum Gasteiger partial charge on any atom is -0.492 e. The van der Waals surface area contributed by atoms with E-state index in [4.69, 9.17) is 4.74 Å². The average molecular weight is 484 g/mol. The molecule has 1 aliphatic rings. The van der Waals surface area contributed by atoms with E-state index in [-0.39, 0.29) is 18.6 Å². The second-order valence-corrected chi connectivity index (χ2v) is 9.91. The fourth-order valence-electron chi connectivity index (χ4n) is 4.65. The van der Waals surface area contributed by atoms with E-state index in [9.17, 15) is 13.2 Å². The zero-order valence-electron chi connectivity index (χ0n) is 20.8. The van der Waals surface area contributed by atoms with Crippen LogP contribution in [0.1, 0.15) is 50.4 Å². The van der Waals surface area contributed by atoms with Crippen LogP contribution in [0, 0.1) is 29.8 Å². The fraction of sp³-hybridized carbons (Fsp3) is 0.429.